The van der Waals surface area contributed by atoms with Crippen molar-refractivity contribution in [2.45, 2.75) is 12.8 Å². The molecule has 1 rings (SSSR count). The fourth-order valence-electron chi connectivity index (χ4n) is 1.11. The quantitative estimate of drug-likeness (QED) is 0.873. The fourth-order valence-corrected chi connectivity index (χ4v) is 1.11. The number of pyridine rings is 1. The van der Waals surface area contributed by atoms with Crippen LogP contribution in [-0.2, 0) is 11.2 Å². The molecule has 0 unspecified atom stereocenters. The maximum absolute atomic E-state index is 12.0. The van der Waals surface area contributed by atoms with E-state index >= 15 is 0 Å². The minimum atomic E-state index is -4.96. The van der Waals surface area contributed by atoms with E-state index in [9.17, 15) is 18.0 Å². The van der Waals surface area contributed by atoms with Crippen LogP contribution in [0.5, 0.6) is 5.75 Å². The first-order chi connectivity index (χ1) is 7.83. The first-order valence-electron chi connectivity index (χ1n) is 4.19. The van der Waals surface area contributed by atoms with Gasteiger partial charge in [-0.25, -0.2) is 4.98 Å². The van der Waals surface area contributed by atoms with Crippen molar-refractivity contribution in [1.29, 1.82) is 5.26 Å². The molecule has 5 nitrogen and oxygen atoms in total. The molecule has 1 heterocycles. The van der Waals surface area contributed by atoms with Gasteiger partial charge in [0.05, 0.1) is 6.42 Å². The average molecular weight is 246 g/mol. The monoisotopic (exact) mass is 246 g/mol. The molecule has 0 saturated heterocycles. The molecule has 0 aliphatic carbocycles. The fraction of sp³-hybridized carbons (Fsp3) is 0.222. The van der Waals surface area contributed by atoms with E-state index in [0.717, 1.165) is 12.3 Å². The number of halogens is 3. The van der Waals surface area contributed by atoms with Gasteiger partial charge >= 0.3 is 12.3 Å². The van der Waals surface area contributed by atoms with Gasteiger partial charge < -0.3 is 9.84 Å². The standard InChI is InChI=1S/C9H5F3N2O3/c10-9(11,12)17-7-1-2-14-6(4-13)5(7)3-8(15)16/h1-2H,3H2,(H,15,16). The van der Waals surface area contributed by atoms with Gasteiger partial charge in [0.1, 0.15) is 17.5 Å². The predicted octanol–water partition coefficient (Wildman–Crippen LogP) is 1.48. The van der Waals surface area contributed by atoms with E-state index in [1.165, 1.54) is 6.07 Å². The highest BCUT2D eigenvalue weighted by Gasteiger charge is 2.33. The summed E-state index contributed by atoms with van der Waals surface area (Å²) in [5.74, 6) is -2.12. The summed E-state index contributed by atoms with van der Waals surface area (Å²) in [4.78, 5) is 13.9. The summed E-state index contributed by atoms with van der Waals surface area (Å²) in [5, 5.41) is 17.1. The first-order valence-corrected chi connectivity index (χ1v) is 4.19. The van der Waals surface area contributed by atoms with Gasteiger partial charge in [-0.05, 0) is 6.07 Å². The normalized spacial score (nSPS) is 10.7. The number of nitrogens with zero attached hydrogens (tertiary/aromatic N) is 2. The first kappa shape index (κ1) is 12.8. The third-order valence-corrected chi connectivity index (χ3v) is 1.67. The molecular weight excluding hydrogens is 241 g/mol. The highest BCUT2D eigenvalue weighted by Crippen LogP contribution is 2.27. The number of hydrogen-bond donors (Lipinski definition) is 1. The van der Waals surface area contributed by atoms with E-state index in [4.69, 9.17) is 10.4 Å². The zero-order valence-electron chi connectivity index (χ0n) is 8.15. The van der Waals surface area contributed by atoms with E-state index in [1.807, 2.05) is 0 Å². The molecule has 0 saturated carbocycles. The molecule has 0 radical (unpaired) electrons. The summed E-state index contributed by atoms with van der Waals surface area (Å²) in [6.07, 6.45) is -4.80. The molecule has 1 N–H and O–H groups in total. The number of carbonyl (C=O) groups is 1. The number of carboxylic acids is 1. The summed E-state index contributed by atoms with van der Waals surface area (Å²) >= 11 is 0. The summed E-state index contributed by atoms with van der Waals surface area (Å²) in [6, 6.07) is 2.36. The van der Waals surface area contributed by atoms with Crippen LogP contribution in [0.4, 0.5) is 13.2 Å². The van der Waals surface area contributed by atoms with E-state index < -0.39 is 35.8 Å². The van der Waals surface area contributed by atoms with Crippen LogP contribution < -0.4 is 4.74 Å². The second-order valence-electron chi connectivity index (χ2n) is 2.87. The summed E-state index contributed by atoms with van der Waals surface area (Å²) < 4.78 is 39.7. The van der Waals surface area contributed by atoms with Crippen LogP contribution in [0, 0.1) is 11.3 Å². The van der Waals surface area contributed by atoms with E-state index in [1.54, 1.807) is 0 Å². The number of rotatable bonds is 3. The number of alkyl halides is 3. The molecule has 0 amide bonds. The van der Waals surface area contributed by atoms with Gasteiger partial charge in [-0.15, -0.1) is 13.2 Å². The molecule has 1 aromatic heterocycles. The largest absolute Gasteiger partial charge is 0.573 e. The lowest BCUT2D eigenvalue weighted by Crippen LogP contribution is -2.19. The van der Waals surface area contributed by atoms with E-state index in [-0.39, 0.29) is 0 Å². The molecular formula is C9H5F3N2O3. The number of aliphatic carboxylic acids is 1. The van der Waals surface area contributed by atoms with Crippen LogP contribution in [0.25, 0.3) is 0 Å². The lowest BCUT2D eigenvalue weighted by atomic mass is 10.1. The summed E-state index contributed by atoms with van der Waals surface area (Å²) in [5.41, 5.74) is -0.811. The van der Waals surface area contributed by atoms with E-state index in [0.29, 0.717) is 0 Å². The molecule has 0 aliphatic heterocycles. The van der Waals surface area contributed by atoms with E-state index in [2.05, 4.69) is 9.72 Å². The van der Waals surface area contributed by atoms with Crippen molar-refractivity contribution in [3.8, 4) is 11.8 Å². The Bertz CT molecular complexity index is 479. The van der Waals surface area contributed by atoms with Crippen LogP contribution >= 0.6 is 0 Å². The van der Waals surface area contributed by atoms with Crippen molar-refractivity contribution < 1.29 is 27.8 Å². The highest BCUT2D eigenvalue weighted by atomic mass is 19.4. The third-order valence-electron chi connectivity index (χ3n) is 1.67. The van der Waals surface area contributed by atoms with Crippen molar-refractivity contribution in [3.05, 3.63) is 23.5 Å². The highest BCUT2D eigenvalue weighted by molar-refractivity contribution is 5.72. The smallest absolute Gasteiger partial charge is 0.481 e. The van der Waals surface area contributed by atoms with Crippen molar-refractivity contribution in [3.63, 3.8) is 0 Å². The average Bonchev–Trinajstić information content (AvgIpc) is 2.17. The number of aromatic nitrogens is 1. The van der Waals surface area contributed by atoms with Gasteiger partial charge in [-0.2, -0.15) is 5.26 Å². The van der Waals surface area contributed by atoms with Crippen molar-refractivity contribution in [2.24, 2.45) is 0 Å². The van der Waals surface area contributed by atoms with Crippen molar-refractivity contribution in [2.75, 3.05) is 0 Å². The molecule has 0 aromatic carbocycles. The van der Waals surface area contributed by atoms with Crippen LogP contribution in [0.15, 0.2) is 12.3 Å². The van der Waals surface area contributed by atoms with Gasteiger partial charge in [0.15, 0.2) is 0 Å². The molecule has 1 aromatic rings. The van der Waals surface area contributed by atoms with Gasteiger partial charge in [-0.3, -0.25) is 4.79 Å². The van der Waals surface area contributed by atoms with Crippen LogP contribution in [0.1, 0.15) is 11.3 Å². The molecule has 0 spiro atoms. The lowest BCUT2D eigenvalue weighted by Gasteiger charge is -2.12. The summed E-state index contributed by atoms with van der Waals surface area (Å²) in [7, 11) is 0. The predicted molar refractivity (Wildman–Crippen MR) is 47.0 cm³/mol. The zero-order valence-corrected chi connectivity index (χ0v) is 8.15. The molecule has 0 aliphatic rings. The maximum Gasteiger partial charge on any atom is 0.573 e. The maximum atomic E-state index is 12.0. The Hall–Kier alpha value is -2.30. The van der Waals surface area contributed by atoms with Gasteiger partial charge in [0, 0.05) is 11.8 Å². The van der Waals surface area contributed by atoms with Crippen molar-refractivity contribution in [1.82, 2.24) is 4.98 Å². The Morgan fingerprint density at radius 1 is 1.59 bits per heavy atom. The number of hydrogen-bond acceptors (Lipinski definition) is 4. The molecule has 8 heteroatoms. The minimum absolute atomic E-state index is 0.403. The molecule has 90 valence electrons. The molecule has 17 heavy (non-hydrogen) atoms. The number of ether oxygens (including phenoxy) is 1. The third kappa shape index (κ3) is 3.64. The second-order valence-corrected chi connectivity index (χ2v) is 2.87. The zero-order chi connectivity index (χ0) is 13.1. The molecule has 0 bridgehead atoms. The summed E-state index contributed by atoms with van der Waals surface area (Å²) in [6.45, 7) is 0. The van der Waals surface area contributed by atoms with Gasteiger partial charge in [0.2, 0.25) is 0 Å². The SMILES string of the molecule is N#Cc1nccc(OC(F)(F)F)c1CC(=O)O. The second kappa shape index (κ2) is 4.69. The Morgan fingerprint density at radius 3 is 2.71 bits per heavy atom. The van der Waals surface area contributed by atoms with Crippen LogP contribution in [0.2, 0.25) is 0 Å². The Kier molecular flexibility index (Phi) is 3.52. The van der Waals surface area contributed by atoms with Crippen LogP contribution in [-0.4, -0.2) is 22.4 Å². The number of nitriles is 1. The van der Waals surface area contributed by atoms with Crippen LogP contribution in [0.3, 0.4) is 0 Å². The Morgan fingerprint density at radius 2 is 2.24 bits per heavy atom. The Balaban J connectivity index is 3.20. The minimum Gasteiger partial charge on any atom is -0.481 e. The molecule has 0 atom stereocenters. The lowest BCUT2D eigenvalue weighted by molar-refractivity contribution is -0.275. The van der Waals surface area contributed by atoms with Gasteiger partial charge in [-0.1, -0.05) is 0 Å². The molecule has 0 fully saturated rings. The van der Waals surface area contributed by atoms with Gasteiger partial charge in [0.25, 0.3) is 0 Å². The van der Waals surface area contributed by atoms with Crippen molar-refractivity contribution >= 4 is 5.97 Å². The topological polar surface area (TPSA) is 83.2 Å². The number of carboxylic acid groups (broad SMARTS) is 1. The Labute approximate surface area is 93.1 Å².